The van der Waals surface area contributed by atoms with E-state index >= 15 is 0 Å². The molecule has 0 heterocycles. The van der Waals surface area contributed by atoms with E-state index in [1.807, 2.05) is 18.2 Å². The summed E-state index contributed by atoms with van der Waals surface area (Å²) in [4.78, 5) is 0. The quantitative estimate of drug-likeness (QED) is 0.631. The standard InChI is InChI=1S/C18H22O2/c1-3-4-5-6-7-8-9-10-14-18(19)16-12-11-13-17(15-16)20-2/h11-13,15,18-19H,3-7H2,1-2H3. The lowest BCUT2D eigenvalue weighted by Gasteiger charge is -2.05. The predicted molar refractivity (Wildman–Crippen MR) is 82.3 cm³/mol. The van der Waals surface area contributed by atoms with Crippen LogP contribution < -0.4 is 4.74 Å². The maximum absolute atomic E-state index is 9.92. The van der Waals surface area contributed by atoms with Crippen LogP contribution in [-0.4, -0.2) is 12.2 Å². The number of hydrogen-bond acceptors (Lipinski definition) is 2. The van der Waals surface area contributed by atoms with E-state index in [0.29, 0.717) is 5.75 Å². The van der Waals surface area contributed by atoms with Gasteiger partial charge in [-0.1, -0.05) is 50.2 Å². The molecule has 1 aromatic rings. The molecule has 0 saturated heterocycles. The Balaban J connectivity index is 2.44. The molecule has 0 saturated carbocycles. The lowest BCUT2D eigenvalue weighted by atomic mass is 10.1. The summed E-state index contributed by atoms with van der Waals surface area (Å²) in [5.41, 5.74) is 0.724. The SMILES string of the molecule is CCCCCCC#CC#CC(O)c1cccc(OC)c1. The van der Waals surface area contributed by atoms with Crippen LogP contribution in [0.1, 0.15) is 50.7 Å². The predicted octanol–water partition coefficient (Wildman–Crippen LogP) is 3.71. The van der Waals surface area contributed by atoms with Crippen LogP contribution in [0, 0.1) is 23.7 Å². The number of hydrogen-bond donors (Lipinski definition) is 1. The molecule has 20 heavy (non-hydrogen) atoms. The number of unbranched alkanes of at least 4 members (excludes halogenated alkanes) is 4. The molecule has 0 bridgehead atoms. The van der Waals surface area contributed by atoms with Gasteiger partial charge < -0.3 is 9.84 Å². The van der Waals surface area contributed by atoms with Gasteiger partial charge in [-0.2, -0.15) is 0 Å². The highest BCUT2D eigenvalue weighted by Crippen LogP contribution is 2.18. The fraction of sp³-hybridized carbons (Fsp3) is 0.444. The Hall–Kier alpha value is -1.90. The summed E-state index contributed by atoms with van der Waals surface area (Å²) < 4.78 is 5.11. The maximum atomic E-state index is 9.92. The van der Waals surface area contributed by atoms with Gasteiger partial charge in [0.25, 0.3) is 0 Å². The molecule has 1 aromatic carbocycles. The van der Waals surface area contributed by atoms with Crippen molar-refractivity contribution in [3.8, 4) is 29.4 Å². The molecular formula is C18H22O2. The molecule has 2 heteroatoms. The topological polar surface area (TPSA) is 29.5 Å². The smallest absolute Gasteiger partial charge is 0.141 e. The molecule has 0 aliphatic heterocycles. The highest BCUT2D eigenvalue weighted by Gasteiger charge is 2.03. The van der Waals surface area contributed by atoms with Crippen molar-refractivity contribution >= 4 is 0 Å². The molecule has 0 fully saturated rings. The number of rotatable bonds is 6. The Bertz CT molecular complexity index is 511. The number of benzene rings is 1. The van der Waals surface area contributed by atoms with Crippen molar-refractivity contribution in [3.05, 3.63) is 29.8 Å². The number of aliphatic hydroxyl groups is 1. The molecule has 0 radical (unpaired) electrons. The van der Waals surface area contributed by atoms with Crippen molar-refractivity contribution in [3.63, 3.8) is 0 Å². The van der Waals surface area contributed by atoms with Crippen LogP contribution >= 0.6 is 0 Å². The summed E-state index contributed by atoms with van der Waals surface area (Å²) in [6.45, 7) is 2.19. The molecule has 1 N–H and O–H groups in total. The van der Waals surface area contributed by atoms with Gasteiger partial charge >= 0.3 is 0 Å². The van der Waals surface area contributed by atoms with E-state index < -0.39 is 6.10 Å². The van der Waals surface area contributed by atoms with Crippen LogP contribution in [0.25, 0.3) is 0 Å². The van der Waals surface area contributed by atoms with E-state index in [4.69, 9.17) is 4.74 Å². The van der Waals surface area contributed by atoms with Gasteiger partial charge in [0.2, 0.25) is 0 Å². The zero-order valence-electron chi connectivity index (χ0n) is 12.3. The van der Waals surface area contributed by atoms with E-state index in [1.54, 1.807) is 13.2 Å². The first kappa shape index (κ1) is 16.2. The van der Waals surface area contributed by atoms with Crippen LogP contribution in [-0.2, 0) is 0 Å². The Morgan fingerprint density at radius 3 is 2.80 bits per heavy atom. The maximum Gasteiger partial charge on any atom is 0.141 e. The summed E-state index contributed by atoms with van der Waals surface area (Å²) >= 11 is 0. The average molecular weight is 270 g/mol. The molecular weight excluding hydrogens is 248 g/mol. The molecule has 1 unspecified atom stereocenters. The highest BCUT2D eigenvalue weighted by molar-refractivity contribution is 5.35. The van der Waals surface area contributed by atoms with E-state index in [1.165, 1.54) is 19.3 Å². The summed E-state index contributed by atoms with van der Waals surface area (Å²) in [5.74, 6) is 12.0. The lowest BCUT2D eigenvalue weighted by molar-refractivity contribution is 0.238. The molecule has 1 rings (SSSR count). The van der Waals surface area contributed by atoms with Gasteiger partial charge in [0.15, 0.2) is 0 Å². The van der Waals surface area contributed by atoms with Gasteiger partial charge in [0.1, 0.15) is 11.9 Å². The second-order valence-electron chi connectivity index (χ2n) is 4.56. The van der Waals surface area contributed by atoms with E-state index in [-0.39, 0.29) is 0 Å². The van der Waals surface area contributed by atoms with Crippen LogP contribution in [0.15, 0.2) is 24.3 Å². The van der Waals surface area contributed by atoms with E-state index in [0.717, 1.165) is 18.4 Å². The molecule has 0 aromatic heterocycles. The third-order valence-electron chi connectivity index (χ3n) is 2.92. The van der Waals surface area contributed by atoms with Crippen LogP contribution in [0.5, 0.6) is 5.75 Å². The lowest BCUT2D eigenvalue weighted by Crippen LogP contribution is -1.94. The van der Waals surface area contributed by atoms with Crippen LogP contribution in [0.4, 0.5) is 0 Å². The van der Waals surface area contributed by atoms with Crippen molar-refractivity contribution < 1.29 is 9.84 Å². The highest BCUT2D eigenvalue weighted by atomic mass is 16.5. The third kappa shape index (κ3) is 6.32. The third-order valence-corrected chi connectivity index (χ3v) is 2.92. The van der Waals surface area contributed by atoms with Crippen LogP contribution in [0.3, 0.4) is 0 Å². The Kier molecular flexibility index (Phi) is 8.04. The van der Waals surface area contributed by atoms with E-state index in [9.17, 15) is 5.11 Å². The second kappa shape index (κ2) is 9.96. The zero-order chi connectivity index (χ0) is 14.6. The summed E-state index contributed by atoms with van der Waals surface area (Å²) in [7, 11) is 1.60. The average Bonchev–Trinajstić information content (AvgIpc) is 2.49. The van der Waals surface area contributed by atoms with Gasteiger partial charge in [-0.05, 0) is 36.0 Å². The normalized spacial score (nSPS) is 10.8. The second-order valence-corrected chi connectivity index (χ2v) is 4.56. The number of ether oxygens (including phenoxy) is 1. The summed E-state index contributed by atoms with van der Waals surface area (Å²) in [6, 6.07) is 7.26. The molecule has 1 atom stereocenters. The zero-order valence-corrected chi connectivity index (χ0v) is 12.3. The first-order valence-electron chi connectivity index (χ1n) is 7.08. The minimum Gasteiger partial charge on any atom is -0.497 e. The van der Waals surface area contributed by atoms with Gasteiger partial charge in [0, 0.05) is 6.42 Å². The molecule has 106 valence electrons. The Morgan fingerprint density at radius 1 is 1.20 bits per heavy atom. The number of aliphatic hydroxyl groups excluding tert-OH is 1. The summed E-state index contributed by atoms with van der Waals surface area (Å²) in [5, 5.41) is 9.92. The fourth-order valence-corrected chi connectivity index (χ4v) is 1.75. The first-order valence-corrected chi connectivity index (χ1v) is 7.08. The van der Waals surface area contributed by atoms with Crippen molar-refractivity contribution in [1.29, 1.82) is 0 Å². The van der Waals surface area contributed by atoms with Gasteiger partial charge in [-0.25, -0.2) is 0 Å². The minimum atomic E-state index is -0.820. The molecule has 2 nitrogen and oxygen atoms in total. The van der Waals surface area contributed by atoms with Crippen molar-refractivity contribution in [2.45, 2.75) is 45.1 Å². The van der Waals surface area contributed by atoms with Gasteiger partial charge in [-0.15, -0.1) is 0 Å². The van der Waals surface area contributed by atoms with Gasteiger partial charge in [0.05, 0.1) is 7.11 Å². The fourth-order valence-electron chi connectivity index (χ4n) is 1.75. The first-order chi connectivity index (χ1) is 9.77. The summed E-state index contributed by atoms with van der Waals surface area (Å²) in [6.07, 6.45) is 4.91. The Labute approximate surface area is 122 Å². The van der Waals surface area contributed by atoms with Gasteiger partial charge in [-0.3, -0.25) is 0 Å². The molecule has 0 spiro atoms. The monoisotopic (exact) mass is 270 g/mol. The molecule has 0 aliphatic rings. The minimum absolute atomic E-state index is 0.713. The van der Waals surface area contributed by atoms with E-state index in [2.05, 4.69) is 30.6 Å². The van der Waals surface area contributed by atoms with Crippen LogP contribution in [0.2, 0.25) is 0 Å². The van der Waals surface area contributed by atoms with Crippen molar-refractivity contribution in [2.24, 2.45) is 0 Å². The molecule has 0 amide bonds. The Morgan fingerprint density at radius 2 is 2.05 bits per heavy atom. The number of methoxy groups -OCH3 is 1. The largest absolute Gasteiger partial charge is 0.497 e. The molecule has 0 aliphatic carbocycles. The van der Waals surface area contributed by atoms with Crippen molar-refractivity contribution in [1.82, 2.24) is 0 Å². The van der Waals surface area contributed by atoms with Crippen molar-refractivity contribution in [2.75, 3.05) is 7.11 Å².